The minimum atomic E-state index is -3.97. The number of halogens is 4. The van der Waals surface area contributed by atoms with Crippen molar-refractivity contribution in [3.63, 3.8) is 0 Å². The highest BCUT2D eigenvalue weighted by Gasteiger charge is 2.22. The van der Waals surface area contributed by atoms with Crippen LogP contribution in [-0.2, 0) is 10.0 Å². The average Bonchev–Trinajstić information content (AvgIpc) is 2.31. The van der Waals surface area contributed by atoms with Crippen molar-refractivity contribution in [1.29, 1.82) is 0 Å². The SMILES string of the molecule is Nc1cc(Br)cc(Br)c1S(=O)(=O)Nc1ccc(Cl)c(F)c1. The summed E-state index contributed by atoms with van der Waals surface area (Å²) in [5.74, 6) is -0.722. The molecule has 0 aliphatic heterocycles. The van der Waals surface area contributed by atoms with Crippen LogP contribution in [0.5, 0.6) is 0 Å². The Hall–Kier alpha value is -0.830. The van der Waals surface area contributed by atoms with Crippen molar-refractivity contribution >= 4 is 64.9 Å². The van der Waals surface area contributed by atoms with Gasteiger partial charge in [0, 0.05) is 8.95 Å². The van der Waals surface area contributed by atoms with E-state index in [1.165, 1.54) is 18.2 Å². The lowest BCUT2D eigenvalue weighted by Gasteiger charge is -2.12. The third kappa shape index (κ3) is 3.68. The smallest absolute Gasteiger partial charge is 0.265 e. The number of hydrogen-bond donors (Lipinski definition) is 2. The number of benzene rings is 2. The number of nitrogen functional groups attached to an aromatic ring is 1. The maximum atomic E-state index is 13.4. The maximum absolute atomic E-state index is 13.4. The van der Waals surface area contributed by atoms with Crippen LogP contribution in [0.25, 0.3) is 0 Å². The molecule has 112 valence electrons. The van der Waals surface area contributed by atoms with E-state index in [0.717, 1.165) is 6.07 Å². The van der Waals surface area contributed by atoms with Crippen LogP contribution in [0, 0.1) is 5.82 Å². The molecule has 0 bridgehead atoms. The molecule has 3 N–H and O–H groups in total. The molecule has 0 aliphatic carbocycles. The molecule has 0 unspecified atom stereocenters. The molecule has 0 aromatic heterocycles. The minimum absolute atomic E-state index is 0.0473. The van der Waals surface area contributed by atoms with E-state index in [1.807, 2.05) is 0 Å². The van der Waals surface area contributed by atoms with Crippen LogP contribution in [0.1, 0.15) is 0 Å². The zero-order valence-corrected chi connectivity index (χ0v) is 14.9. The van der Waals surface area contributed by atoms with E-state index in [2.05, 4.69) is 36.6 Å². The highest BCUT2D eigenvalue weighted by molar-refractivity contribution is 9.11. The van der Waals surface area contributed by atoms with Gasteiger partial charge in [-0.15, -0.1) is 0 Å². The van der Waals surface area contributed by atoms with Gasteiger partial charge in [0.1, 0.15) is 10.7 Å². The number of nitrogens with two attached hydrogens (primary N) is 1. The Labute approximate surface area is 142 Å². The van der Waals surface area contributed by atoms with Crippen molar-refractivity contribution in [2.75, 3.05) is 10.5 Å². The van der Waals surface area contributed by atoms with E-state index in [-0.39, 0.29) is 25.8 Å². The van der Waals surface area contributed by atoms with Gasteiger partial charge in [-0.2, -0.15) is 0 Å². The Morgan fingerprint density at radius 3 is 2.43 bits per heavy atom. The Kier molecular flexibility index (Phi) is 4.82. The number of nitrogens with one attached hydrogen (secondary N) is 1. The summed E-state index contributed by atoms with van der Waals surface area (Å²) in [6.07, 6.45) is 0. The second-order valence-electron chi connectivity index (χ2n) is 4.04. The van der Waals surface area contributed by atoms with Gasteiger partial charge in [-0.3, -0.25) is 4.72 Å². The second kappa shape index (κ2) is 6.12. The van der Waals surface area contributed by atoms with E-state index < -0.39 is 15.8 Å². The van der Waals surface area contributed by atoms with Crippen LogP contribution in [0.4, 0.5) is 15.8 Å². The van der Waals surface area contributed by atoms with E-state index in [9.17, 15) is 12.8 Å². The topological polar surface area (TPSA) is 72.2 Å². The van der Waals surface area contributed by atoms with Crippen LogP contribution in [0.15, 0.2) is 44.2 Å². The molecule has 21 heavy (non-hydrogen) atoms. The predicted octanol–water partition coefficient (Wildman–Crippen LogP) is 4.39. The molecule has 0 aliphatic rings. The molecule has 0 amide bonds. The zero-order chi connectivity index (χ0) is 15.8. The molecule has 2 aromatic carbocycles. The summed E-state index contributed by atoms with van der Waals surface area (Å²) in [5.41, 5.74) is 5.84. The largest absolute Gasteiger partial charge is 0.398 e. The summed E-state index contributed by atoms with van der Waals surface area (Å²) in [6.45, 7) is 0. The number of rotatable bonds is 3. The molecule has 0 spiro atoms. The summed E-state index contributed by atoms with van der Waals surface area (Å²) < 4.78 is 41.2. The first kappa shape index (κ1) is 16.5. The zero-order valence-electron chi connectivity index (χ0n) is 10.2. The van der Waals surface area contributed by atoms with Gasteiger partial charge in [0.25, 0.3) is 10.0 Å². The molecule has 0 atom stereocenters. The first-order chi connectivity index (χ1) is 9.70. The summed E-state index contributed by atoms with van der Waals surface area (Å²) in [7, 11) is -3.97. The van der Waals surface area contributed by atoms with Gasteiger partial charge in [0.15, 0.2) is 0 Å². The highest BCUT2D eigenvalue weighted by atomic mass is 79.9. The van der Waals surface area contributed by atoms with Crippen molar-refractivity contribution in [1.82, 2.24) is 0 Å². The maximum Gasteiger partial charge on any atom is 0.265 e. The molecule has 4 nitrogen and oxygen atoms in total. The van der Waals surface area contributed by atoms with E-state index in [0.29, 0.717) is 4.47 Å². The van der Waals surface area contributed by atoms with Gasteiger partial charge in [-0.05, 0) is 46.3 Å². The fourth-order valence-corrected chi connectivity index (χ4v) is 4.87. The normalized spacial score (nSPS) is 11.4. The number of sulfonamides is 1. The van der Waals surface area contributed by atoms with Gasteiger partial charge >= 0.3 is 0 Å². The molecule has 9 heteroatoms. The van der Waals surface area contributed by atoms with Crippen LogP contribution < -0.4 is 10.5 Å². The lowest BCUT2D eigenvalue weighted by molar-refractivity contribution is 0.601. The van der Waals surface area contributed by atoms with Gasteiger partial charge in [-0.25, -0.2) is 12.8 Å². The quantitative estimate of drug-likeness (QED) is 0.671. The second-order valence-corrected chi connectivity index (χ2v) is 7.84. The van der Waals surface area contributed by atoms with Crippen molar-refractivity contribution in [3.05, 3.63) is 50.1 Å². The average molecular weight is 459 g/mol. The third-order valence-electron chi connectivity index (χ3n) is 2.48. The van der Waals surface area contributed by atoms with E-state index >= 15 is 0 Å². The van der Waals surface area contributed by atoms with Crippen molar-refractivity contribution in [2.45, 2.75) is 4.90 Å². The molecular formula is C12H8Br2ClFN2O2S. The molecule has 0 saturated carbocycles. The molecule has 2 rings (SSSR count). The molecule has 0 saturated heterocycles. The van der Waals surface area contributed by atoms with E-state index in [1.54, 1.807) is 6.07 Å². The standard InChI is InChI=1S/C12H8Br2ClFN2O2S/c13-6-3-8(14)12(11(17)4-6)21(19,20)18-7-1-2-9(15)10(16)5-7/h1-5,18H,17H2. The predicted molar refractivity (Wildman–Crippen MR) is 88.5 cm³/mol. The monoisotopic (exact) mass is 456 g/mol. The Morgan fingerprint density at radius 1 is 1.19 bits per heavy atom. The lowest BCUT2D eigenvalue weighted by atomic mass is 10.3. The summed E-state index contributed by atoms with van der Waals surface area (Å²) in [4.78, 5) is -0.124. The molecule has 0 heterocycles. The van der Waals surface area contributed by atoms with Crippen molar-refractivity contribution in [3.8, 4) is 0 Å². The fraction of sp³-hybridized carbons (Fsp3) is 0. The first-order valence-electron chi connectivity index (χ1n) is 5.43. The molecule has 0 fully saturated rings. The fourth-order valence-electron chi connectivity index (χ4n) is 1.63. The number of anilines is 2. The van der Waals surface area contributed by atoms with Crippen LogP contribution in [-0.4, -0.2) is 8.42 Å². The summed E-state index contributed by atoms with van der Waals surface area (Å²) in [5, 5.41) is -0.0951. The minimum Gasteiger partial charge on any atom is -0.398 e. The van der Waals surface area contributed by atoms with Crippen LogP contribution in [0.3, 0.4) is 0 Å². The molecule has 0 radical (unpaired) electrons. The van der Waals surface area contributed by atoms with Crippen molar-refractivity contribution < 1.29 is 12.8 Å². The first-order valence-corrected chi connectivity index (χ1v) is 8.88. The van der Waals surface area contributed by atoms with E-state index in [4.69, 9.17) is 17.3 Å². The molecule has 2 aromatic rings. The Balaban J connectivity index is 2.46. The van der Waals surface area contributed by atoms with Gasteiger partial charge in [-0.1, -0.05) is 27.5 Å². The van der Waals surface area contributed by atoms with Gasteiger partial charge < -0.3 is 5.73 Å². The van der Waals surface area contributed by atoms with Crippen molar-refractivity contribution in [2.24, 2.45) is 0 Å². The lowest BCUT2D eigenvalue weighted by Crippen LogP contribution is -2.15. The van der Waals surface area contributed by atoms with Crippen LogP contribution in [0.2, 0.25) is 5.02 Å². The Bertz CT molecular complexity index is 792. The third-order valence-corrected chi connectivity index (χ3v) is 5.63. The number of hydrogen-bond acceptors (Lipinski definition) is 3. The molecular weight excluding hydrogens is 450 g/mol. The van der Waals surface area contributed by atoms with Gasteiger partial charge in [0.05, 0.1) is 16.4 Å². The highest BCUT2D eigenvalue weighted by Crippen LogP contribution is 2.33. The van der Waals surface area contributed by atoms with Crippen LogP contribution >= 0.6 is 43.5 Å². The Morgan fingerprint density at radius 2 is 1.86 bits per heavy atom. The summed E-state index contributed by atoms with van der Waals surface area (Å²) >= 11 is 11.9. The summed E-state index contributed by atoms with van der Waals surface area (Å²) in [6, 6.07) is 6.61. The van der Waals surface area contributed by atoms with Gasteiger partial charge in [0.2, 0.25) is 0 Å².